The average Bonchev–Trinajstić information content (AvgIpc) is 2.86. The van der Waals surface area contributed by atoms with Crippen molar-refractivity contribution in [2.45, 2.75) is 63.2 Å². The highest BCUT2D eigenvalue weighted by Crippen LogP contribution is 2.36. The van der Waals surface area contributed by atoms with Gasteiger partial charge in [0, 0.05) is 10.6 Å². The van der Waals surface area contributed by atoms with Crippen LogP contribution < -0.4 is 14.5 Å². The fourth-order valence-corrected chi connectivity index (χ4v) is 6.13. The number of rotatable bonds is 9. The van der Waals surface area contributed by atoms with Crippen LogP contribution in [-0.4, -0.2) is 39.4 Å². The third kappa shape index (κ3) is 7.26. The first-order valence-electron chi connectivity index (χ1n) is 12.3. The summed E-state index contributed by atoms with van der Waals surface area (Å²) in [7, 11) is -3.99. The molecular formula is C27H37N3O4S2. The number of hydrazone groups is 1. The Labute approximate surface area is 219 Å². The summed E-state index contributed by atoms with van der Waals surface area (Å²) in [6.07, 6.45) is 5.68. The van der Waals surface area contributed by atoms with E-state index in [1.165, 1.54) is 11.8 Å². The van der Waals surface area contributed by atoms with Gasteiger partial charge in [0.05, 0.1) is 17.2 Å². The van der Waals surface area contributed by atoms with Crippen molar-refractivity contribution >= 4 is 39.1 Å². The third-order valence-corrected chi connectivity index (χ3v) is 9.03. The number of benzene rings is 2. The number of nitrogens with zero attached hydrogens (tertiary/aromatic N) is 2. The molecule has 0 aliphatic heterocycles. The van der Waals surface area contributed by atoms with Crippen molar-refractivity contribution in [3.63, 3.8) is 0 Å². The second kappa shape index (κ2) is 12.1. The third-order valence-electron chi connectivity index (χ3n) is 6.50. The summed E-state index contributed by atoms with van der Waals surface area (Å²) < 4.78 is 33.8. The number of amides is 1. The van der Waals surface area contributed by atoms with Crippen molar-refractivity contribution in [3.05, 3.63) is 48.5 Å². The molecule has 0 aromatic heterocycles. The van der Waals surface area contributed by atoms with Crippen LogP contribution in [0.3, 0.4) is 0 Å². The fourth-order valence-electron chi connectivity index (χ4n) is 4.30. The second-order valence-corrected chi connectivity index (χ2v) is 12.7. The van der Waals surface area contributed by atoms with Gasteiger partial charge in [-0.2, -0.15) is 5.10 Å². The van der Waals surface area contributed by atoms with Gasteiger partial charge in [-0.3, -0.25) is 9.10 Å². The molecule has 3 rings (SSSR count). The minimum Gasteiger partial charge on any atom is -0.494 e. The largest absolute Gasteiger partial charge is 0.494 e. The van der Waals surface area contributed by atoms with Crippen LogP contribution in [-0.2, 0) is 14.8 Å². The first-order chi connectivity index (χ1) is 17.0. The molecular weight excluding hydrogens is 494 g/mol. The molecule has 1 N–H and O–H groups in total. The number of thioether (sulfide) groups is 1. The van der Waals surface area contributed by atoms with Crippen molar-refractivity contribution in [2.75, 3.05) is 23.7 Å². The normalized spacial score (nSPS) is 16.4. The highest BCUT2D eigenvalue weighted by molar-refractivity contribution is 7.98. The molecule has 0 heterocycles. The summed E-state index contributed by atoms with van der Waals surface area (Å²) in [6.45, 7) is 8.76. The number of nitrogens with one attached hydrogen (secondary N) is 1. The van der Waals surface area contributed by atoms with Crippen molar-refractivity contribution in [2.24, 2.45) is 16.4 Å². The molecule has 2 aromatic carbocycles. The maximum Gasteiger partial charge on any atom is 0.264 e. The van der Waals surface area contributed by atoms with Gasteiger partial charge in [0.15, 0.2) is 0 Å². The van der Waals surface area contributed by atoms with Crippen molar-refractivity contribution < 1.29 is 17.9 Å². The lowest BCUT2D eigenvalue weighted by atomic mass is 9.72. The van der Waals surface area contributed by atoms with E-state index in [1.54, 1.807) is 48.5 Å². The quantitative estimate of drug-likeness (QED) is 0.331. The van der Waals surface area contributed by atoms with Gasteiger partial charge >= 0.3 is 0 Å². The molecule has 0 spiro atoms. The van der Waals surface area contributed by atoms with E-state index >= 15 is 0 Å². The predicted molar refractivity (Wildman–Crippen MR) is 147 cm³/mol. The van der Waals surface area contributed by atoms with Gasteiger partial charge in [0.25, 0.3) is 15.9 Å². The molecule has 1 saturated carbocycles. The summed E-state index contributed by atoms with van der Waals surface area (Å²) in [5, 5.41) is 4.34. The topological polar surface area (TPSA) is 88.1 Å². The summed E-state index contributed by atoms with van der Waals surface area (Å²) in [5.41, 5.74) is 4.18. The van der Waals surface area contributed by atoms with E-state index in [-0.39, 0.29) is 16.9 Å². The fraction of sp³-hybridized carbons (Fsp3) is 0.481. The zero-order chi connectivity index (χ0) is 26.3. The lowest BCUT2D eigenvalue weighted by molar-refractivity contribution is -0.119. The molecule has 0 atom stereocenters. The maximum absolute atomic E-state index is 13.6. The average molecular weight is 532 g/mol. The summed E-state index contributed by atoms with van der Waals surface area (Å²) in [4.78, 5) is 14.0. The zero-order valence-electron chi connectivity index (χ0n) is 21.8. The van der Waals surface area contributed by atoms with Crippen LogP contribution in [0.5, 0.6) is 5.75 Å². The Bertz CT molecular complexity index is 1150. The Morgan fingerprint density at radius 2 is 1.69 bits per heavy atom. The van der Waals surface area contributed by atoms with Crippen LogP contribution in [0.25, 0.3) is 0 Å². The molecule has 1 amide bonds. The van der Waals surface area contributed by atoms with Gasteiger partial charge in [-0.15, -0.1) is 11.8 Å². The Balaban J connectivity index is 1.79. The number of hydrogen-bond acceptors (Lipinski definition) is 6. The Hall–Kier alpha value is -2.52. The molecule has 1 aliphatic carbocycles. The van der Waals surface area contributed by atoms with Crippen LogP contribution >= 0.6 is 11.8 Å². The molecule has 7 nitrogen and oxygen atoms in total. The molecule has 0 saturated heterocycles. The summed E-state index contributed by atoms with van der Waals surface area (Å²) in [6, 6.07) is 13.3. The van der Waals surface area contributed by atoms with Gasteiger partial charge in [0.2, 0.25) is 0 Å². The molecule has 36 heavy (non-hydrogen) atoms. The van der Waals surface area contributed by atoms with Crippen molar-refractivity contribution in [1.82, 2.24) is 5.43 Å². The van der Waals surface area contributed by atoms with Crippen molar-refractivity contribution in [3.8, 4) is 5.75 Å². The lowest BCUT2D eigenvalue weighted by Gasteiger charge is -2.34. The first-order valence-corrected chi connectivity index (χ1v) is 14.9. The highest BCUT2D eigenvalue weighted by atomic mass is 32.2. The molecule has 2 aromatic rings. The van der Waals surface area contributed by atoms with E-state index in [9.17, 15) is 13.2 Å². The van der Waals surface area contributed by atoms with Gasteiger partial charge in [-0.05, 0) is 98.7 Å². The van der Waals surface area contributed by atoms with E-state index < -0.39 is 15.9 Å². The number of carbonyl (C=O) groups is 1. The van der Waals surface area contributed by atoms with Gasteiger partial charge in [-0.25, -0.2) is 13.8 Å². The van der Waals surface area contributed by atoms with E-state index in [4.69, 9.17) is 4.74 Å². The number of anilines is 1. The molecule has 0 unspecified atom stereocenters. The van der Waals surface area contributed by atoms with Gasteiger partial charge < -0.3 is 4.74 Å². The van der Waals surface area contributed by atoms with Gasteiger partial charge in [-0.1, -0.05) is 20.8 Å². The molecule has 1 fully saturated rings. The van der Waals surface area contributed by atoms with Crippen LogP contribution in [0.15, 0.2) is 63.4 Å². The second-order valence-electron chi connectivity index (χ2n) is 9.97. The smallest absolute Gasteiger partial charge is 0.264 e. The number of carbonyl (C=O) groups excluding carboxylic acids is 1. The van der Waals surface area contributed by atoms with Crippen LogP contribution in [0.4, 0.5) is 5.69 Å². The monoisotopic (exact) mass is 531 g/mol. The van der Waals surface area contributed by atoms with Crippen molar-refractivity contribution in [1.29, 1.82) is 0 Å². The summed E-state index contributed by atoms with van der Waals surface area (Å²) >= 11 is 1.53. The zero-order valence-corrected chi connectivity index (χ0v) is 23.4. The SMILES string of the molecule is CCOc1ccc(N(CC(=O)NN=C2CCC(C(C)(C)C)CC2)S(=O)(=O)c2ccc(SC)cc2)cc1. The van der Waals surface area contributed by atoms with E-state index in [1.807, 2.05) is 13.2 Å². The van der Waals surface area contributed by atoms with Crippen LogP contribution in [0.2, 0.25) is 0 Å². The Morgan fingerprint density at radius 3 is 2.22 bits per heavy atom. The van der Waals surface area contributed by atoms with E-state index in [2.05, 4.69) is 31.3 Å². The van der Waals surface area contributed by atoms with E-state index in [0.717, 1.165) is 40.6 Å². The molecule has 0 radical (unpaired) electrons. The Kier molecular flexibility index (Phi) is 9.47. The van der Waals surface area contributed by atoms with Crippen LogP contribution in [0.1, 0.15) is 53.4 Å². The molecule has 1 aliphatic rings. The van der Waals surface area contributed by atoms with Crippen LogP contribution in [0, 0.1) is 11.3 Å². The van der Waals surface area contributed by atoms with Gasteiger partial charge in [0.1, 0.15) is 12.3 Å². The number of ether oxygens (including phenoxy) is 1. The standard InChI is InChI=1S/C27H37N3O4S2/c1-6-34-23-13-11-22(12-14-23)30(36(32,33)25-17-15-24(35-5)16-18-25)19-26(31)29-28-21-9-7-20(8-10-21)27(2,3)4/h11-18,20H,6-10,19H2,1-5H3,(H,29,31). The number of sulfonamides is 1. The molecule has 196 valence electrons. The highest BCUT2D eigenvalue weighted by Gasteiger charge is 2.29. The summed E-state index contributed by atoms with van der Waals surface area (Å²) in [5.74, 6) is 0.771. The maximum atomic E-state index is 13.6. The lowest BCUT2D eigenvalue weighted by Crippen LogP contribution is -2.40. The first kappa shape index (κ1) is 28.1. The molecule has 9 heteroatoms. The predicted octanol–water partition coefficient (Wildman–Crippen LogP) is 5.71. The number of hydrogen-bond donors (Lipinski definition) is 1. The minimum absolute atomic E-state index is 0.119. The molecule has 0 bridgehead atoms. The van der Waals surface area contributed by atoms with E-state index in [0.29, 0.717) is 24.0 Å². The Morgan fingerprint density at radius 1 is 1.08 bits per heavy atom. The minimum atomic E-state index is -3.99.